The van der Waals surface area contributed by atoms with Crippen LogP contribution in [0.1, 0.15) is 42.3 Å². The lowest BCUT2D eigenvalue weighted by Gasteiger charge is -2.23. The predicted octanol–water partition coefficient (Wildman–Crippen LogP) is 3.66. The highest BCUT2D eigenvalue weighted by atomic mass is 32.2. The molecule has 0 saturated carbocycles. The third-order valence-corrected chi connectivity index (χ3v) is 5.75. The molecule has 2 aromatic rings. The minimum absolute atomic E-state index is 0.184. The molecule has 0 saturated heterocycles. The van der Waals surface area contributed by atoms with E-state index in [0.717, 1.165) is 5.56 Å². The van der Waals surface area contributed by atoms with Gasteiger partial charge >= 0.3 is 0 Å². The summed E-state index contributed by atoms with van der Waals surface area (Å²) in [5, 5.41) is 2.90. The van der Waals surface area contributed by atoms with E-state index in [-0.39, 0.29) is 16.3 Å². The summed E-state index contributed by atoms with van der Waals surface area (Å²) in [5.41, 5.74) is 2.41. The number of hydrogen-bond donors (Lipinski definition) is 1. The van der Waals surface area contributed by atoms with Crippen LogP contribution in [0.15, 0.2) is 47.4 Å². The highest BCUT2D eigenvalue weighted by Gasteiger charge is 2.23. The van der Waals surface area contributed by atoms with E-state index in [1.165, 1.54) is 11.4 Å². The second-order valence-corrected chi connectivity index (χ2v) is 9.46. The Bertz CT molecular complexity index is 911. The van der Waals surface area contributed by atoms with Crippen molar-refractivity contribution >= 4 is 21.6 Å². The molecule has 0 aliphatic carbocycles. The Balaban J connectivity index is 2.34. The van der Waals surface area contributed by atoms with Gasteiger partial charge in [0.25, 0.3) is 15.9 Å². The molecule has 5 nitrogen and oxygen atoms in total. The molecule has 6 heteroatoms. The van der Waals surface area contributed by atoms with Gasteiger partial charge in [0.15, 0.2) is 0 Å². The van der Waals surface area contributed by atoms with Crippen molar-refractivity contribution in [1.29, 1.82) is 0 Å². The van der Waals surface area contributed by atoms with Crippen molar-refractivity contribution in [2.75, 3.05) is 11.4 Å². The number of carbonyl (C=O) groups is 1. The quantitative estimate of drug-likeness (QED) is 0.888. The first-order valence-corrected chi connectivity index (χ1v) is 9.84. The van der Waals surface area contributed by atoms with Gasteiger partial charge in [-0.2, -0.15) is 0 Å². The van der Waals surface area contributed by atoms with Crippen molar-refractivity contribution in [3.63, 3.8) is 0 Å². The maximum Gasteiger partial charge on any atom is 0.264 e. The standard InChI is InChI=1S/C20H26N2O3S/c1-14-7-10-17(11-8-14)26(24,25)22(6)18-12-9-16(13-15(18)2)19(23)21-20(3,4)5/h7-13H,1-6H3,(H,21,23). The molecule has 0 fully saturated rings. The van der Waals surface area contributed by atoms with Crippen LogP contribution < -0.4 is 9.62 Å². The van der Waals surface area contributed by atoms with Crippen LogP contribution in [0.5, 0.6) is 0 Å². The van der Waals surface area contributed by atoms with Gasteiger partial charge in [0, 0.05) is 18.2 Å². The van der Waals surface area contributed by atoms with Crippen LogP contribution in [-0.2, 0) is 10.0 Å². The Hall–Kier alpha value is -2.34. The van der Waals surface area contributed by atoms with E-state index >= 15 is 0 Å². The molecule has 0 aromatic heterocycles. The molecule has 2 aromatic carbocycles. The number of rotatable bonds is 4. The first-order chi connectivity index (χ1) is 11.9. The fourth-order valence-corrected chi connectivity index (χ4v) is 3.82. The van der Waals surface area contributed by atoms with Gasteiger partial charge in [0.1, 0.15) is 0 Å². The summed E-state index contributed by atoms with van der Waals surface area (Å²) in [5.74, 6) is -0.184. The Morgan fingerprint density at radius 2 is 1.58 bits per heavy atom. The first-order valence-electron chi connectivity index (χ1n) is 8.40. The smallest absolute Gasteiger partial charge is 0.264 e. The van der Waals surface area contributed by atoms with Gasteiger partial charge in [-0.25, -0.2) is 8.42 Å². The molecule has 1 amide bonds. The largest absolute Gasteiger partial charge is 0.347 e. The molecule has 0 unspecified atom stereocenters. The predicted molar refractivity (Wildman–Crippen MR) is 105 cm³/mol. The molecule has 140 valence electrons. The fraction of sp³-hybridized carbons (Fsp3) is 0.350. The summed E-state index contributed by atoms with van der Waals surface area (Å²) in [6.45, 7) is 9.44. The van der Waals surface area contributed by atoms with Gasteiger partial charge < -0.3 is 5.32 Å². The highest BCUT2D eigenvalue weighted by Crippen LogP contribution is 2.26. The SMILES string of the molecule is Cc1ccc(S(=O)(=O)N(C)c2ccc(C(=O)NC(C)(C)C)cc2C)cc1. The first kappa shape index (κ1) is 20.0. The number of aryl methyl sites for hydroxylation is 2. The van der Waals surface area contributed by atoms with Gasteiger partial charge in [0.2, 0.25) is 0 Å². The Morgan fingerprint density at radius 3 is 2.08 bits per heavy atom. The number of anilines is 1. The number of hydrogen-bond acceptors (Lipinski definition) is 3. The molecule has 0 radical (unpaired) electrons. The van der Waals surface area contributed by atoms with Crippen molar-refractivity contribution in [3.05, 3.63) is 59.2 Å². The summed E-state index contributed by atoms with van der Waals surface area (Å²) < 4.78 is 26.9. The molecule has 1 N–H and O–H groups in total. The second kappa shape index (κ2) is 7.11. The van der Waals surface area contributed by atoms with E-state index in [9.17, 15) is 13.2 Å². The molecular weight excluding hydrogens is 348 g/mol. The van der Waals surface area contributed by atoms with Crippen molar-refractivity contribution in [3.8, 4) is 0 Å². The van der Waals surface area contributed by atoms with E-state index in [1.807, 2.05) is 27.7 Å². The summed E-state index contributed by atoms with van der Waals surface area (Å²) >= 11 is 0. The average Bonchev–Trinajstić information content (AvgIpc) is 2.53. The van der Waals surface area contributed by atoms with Crippen molar-refractivity contribution in [1.82, 2.24) is 5.32 Å². The molecular formula is C20H26N2O3S. The van der Waals surface area contributed by atoms with Gasteiger partial charge in [-0.1, -0.05) is 17.7 Å². The monoisotopic (exact) mass is 374 g/mol. The average molecular weight is 375 g/mol. The van der Waals surface area contributed by atoms with Crippen LogP contribution in [0.4, 0.5) is 5.69 Å². The zero-order valence-electron chi connectivity index (χ0n) is 16.1. The Labute approximate surface area is 156 Å². The van der Waals surface area contributed by atoms with Crippen LogP contribution >= 0.6 is 0 Å². The number of nitrogens with one attached hydrogen (secondary N) is 1. The Kier molecular flexibility index (Phi) is 5.47. The fourth-order valence-electron chi connectivity index (χ4n) is 2.56. The molecule has 0 spiro atoms. The summed E-state index contributed by atoms with van der Waals surface area (Å²) in [7, 11) is -2.14. The van der Waals surface area contributed by atoms with Gasteiger partial charge in [-0.3, -0.25) is 9.10 Å². The van der Waals surface area contributed by atoms with Crippen LogP contribution in [-0.4, -0.2) is 26.9 Å². The summed E-state index contributed by atoms with van der Waals surface area (Å²) in [6, 6.07) is 11.8. The maximum absolute atomic E-state index is 12.8. The number of amides is 1. The lowest BCUT2D eigenvalue weighted by Crippen LogP contribution is -2.40. The van der Waals surface area contributed by atoms with E-state index in [0.29, 0.717) is 16.8 Å². The second-order valence-electron chi connectivity index (χ2n) is 7.49. The minimum Gasteiger partial charge on any atom is -0.347 e. The number of carbonyl (C=O) groups excluding carboxylic acids is 1. The lowest BCUT2D eigenvalue weighted by molar-refractivity contribution is 0.0919. The molecule has 2 rings (SSSR count). The van der Waals surface area contributed by atoms with Gasteiger partial charge in [-0.15, -0.1) is 0 Å². The van der Waals surface area contributed by atoms with Crippen molar-refractivity contribution in [2.24, 2.45) is 0 Å². The zero-order chi connectivity index (χ0) is 19.7. The molecule has 0 heterocycles. The Morgan fingerprint density at radius 1 is 1.00 bits per heavy atom. The molecule has 0 aliphatic heterocycles. The minimum atomic E-state index is -3.66. The van der Waals surface area contributed by atoms with Crippen LogP contribution in [0.25, 0.3) is 0 Å². The van der Waals surface area contributed by atoms with E-state index in [4.69, 9.17) is 0 Å². The third kappa shape index (κ3) is 4.43. The van der Waals surface area contributed by atoms with Gasteiger partial charge in [0.05, 0.1) is 10.6 Å². The zero-order valence-corrected chi connectivity index (χ0v) is 16.9. The molecule has 0 aliphatic rings. The topological polar surface area (TPSA) is 66.5 Å². The van der Waals surface area contributed by atoms with E-state index in [2.05, 4.69) is 5.32 Å². The lowest BCUT2D eigenvalue weighted by atomic mass is 10.1. The summed E-state index contributed by atoms with van der Waals surface area (Å²) in [6.07, 6.45) is 0. The van der Waals surface area contributed by atoms with Crippen LogP contribution in [0.3, 0.4) is 0 Å². The number of nitrogens with zero attached hydrogens (tertiary/aromatic N) is 1. The molecule has 26 heavy (non-hydrogen) atoms. The molecule has 0 bridgehead atoms. The number of sulfonamides is 1. The maximum atomic E-state index is 12.8. The number of benzene rings is 2. The van der Waals surface area contributed by atoms with Crippen molar-refractivity contribution in [2.45, 2.75) is 45.1 Å². The summed E-state index contributed by atoms with van der Waals surface area (Å²) in [4.78, 5) is 12.5. The van der Waals surface area contributed by atoms with E-state index < -0.39 is 10.0 Å². The van der Waals surface area contributed by atoms with Crippen LogP contribution in [0, 0.1) is 13.8 Å². The van der Waals surface area contributed by atoms with Crippen molar-refractivity contribution < 1.29 is 13.2 Å². The normalized spacial score (nSPS) is 11.9. The van der Waals surface area contributed by atoms with Gasteiger partial charge in [-0.05, 0) is 70.5 Å². The van der Waals surface area contributed by atoms with Crippen LogP contribution in [0.2, 0.25) is 0 Å². The highest BCUT2D eigenvalue weighted by molar-refractivity contribution is 7.92. The van der Waals surface area contributed by atoms with E-state index in [1.54, 1.807) is 49.4 Å². The third-order valence-electron chi connectivity index (χ3n) is 3.97. The molecule has 0 atom stereocenters.